The first-order valence-corrected chi connectivity index (χ1v) is 6.84. The molecule has 1 aliphatic rings. The maximum absolute atomic E-state index is 13.7. The monoisotopic (exact) mass is 294 g/mol. The number of benzene rings is 1. The van der Waals surface area contributed by atoms with Crippen molar-refractivity contribution in [3.05, 3.63) is 29.6 Å². The van der Waals surface area contributed by atoms with Gasteiger partial charge in [0.1, 0.15) is 0 Å². The molecular weight excluding hydrogens is 275 g/mol. The van der Waals surface area contributed by atoms with Gasteiger partial charge in [0.25, 0.3) is 0 Å². The lowest BCUT2D eigenvalue weighted by atomic mass is 10.0. The zero-order valence-corrected chi connectivity index (χ0v) is 12.4. The van der Waals surface area contributed by atoms with Gasteiger partial charge in [0, 0.05) is 19.5 Å². The van der Waals surface area contributed by atoms with Crippen LogP contribution in [-0.4, -0.2) is 36.9 Å². The fraction of sp³-hybridized carbons (Fsp3) is 0.467. The highest BCUT2D eigenvalue weighted by molar-refractivity contribution is 6.00. The summed E-state index contributed by atoms with van der Waals surface area (Å²) >= 11 is 0. The second-order valence-corrected chi connectivity index (χ2v) is 5.16. The van der Waals surface area contributed by atoms with E-state index in [1.807, 2.05) is 6.92 Å². The lowest BCUT2D eigenvalue weighted by Gasteiger charge is -2.30. The van der Waals surface area contributed by atoms with Crippen LogP contribution in [0.1, 0.15) is 31.4 Å². The van der Waals surface area contributed by atoms with Crippen molar-refractivity contribution in [2.45, 2.75) is 31.8 Å². The standard InChI is InChI=1S/C15H19FN2O3/c1-9(10-4-6-13(21-3)11(16)8-10)17-12-5-7-14(19)18(2)15(12)20/h4,6,8-9,12,17H,5,7H2,1-3H3. The predicted octanol–water partition coefficient (Wildman–Crippen LogP) is 1.63. The number of imide groups is 1. The Hall–Kier alpha value is -1.95. The number of piperidine rings is 1. The Morgan fingerprint density at radius 3 is 2.76 bits per heavy atom. The lowest BCUT2D eigenvalue weighted by Crippen LogP contribution is -2.51. The Bertz CT molecular complexity index is 562. The minimum absolute atomic E-state index is 0.166. The van der Waals surface area contributed by atoms with Crippen molar-refractivity contribution in [2.75, 3.05) is 14.2 Å². The third kappa shape index (κ3) is 3.21. The molecule has 0 saturated carbocycles. The second kappa shape index (κ2) is 6.22. The third-order valence-electron chi connectivity index (χ3n) is 3.78. The van der Waals surface area contributed by atoms with E-state index in [0.717, 1.165) is 10.5 Å². The summed E-state index contributed by atoms with van der Waals surface area (Å²) in [6, 6.07) is 4.07. The summed E-state index contributed by atoms with van der Waals surface area (Å²) in [7, 11) is 2.89. The number of nitrogens with one attached hydrogen (secondary N) is 1. The smallest absolute Gasteiger partial charge is 0.246 e. The third-order valence-corrected chi connectivity index (χ3v) is 3.78. The molecule has 114 valence electrons. The van der Waals surface area contributed by atoms with Crippen LogP contribution in [0.3, 0.4) is 0 Å². The molecule has 6 heteroatoms. The molecule has 1 fully saturated rings. The van der Waals surface area contributed by atoms with E-state index >= 15 is 0 Å². The fourth-order valence-corrected chi connectivity index (χ4v) is 2.42. The zero-order chi connectivity index (χ0) is 15.6. The molecule has 2 unspecified atom stereocenters. The molecule has 21 heavy (non-hydrogen) atoms. The molecule has 2 amide bonds. The van der Waals surface area contributed by atoms with Crippen LogP contribution < -0.4 is 10.1 Å². The summed E-state index contributed by atoms with van der Waals surface area (Å²) in [5, 5.41) is 3.15. The van der Waals surface area contributed by atoms with Crippen molar-refractivity contribution < 1.29 is 18.7 Å². The van der Waals surface area contributed by atoms with Crippen molar-refractivity contribution in [3.8, 4) is 5.75 Å². The Kier molecular flexibility index (Phi) is 4.57. The van der Waals surface area contributed by atoms with E-state index in [1.54, 1.807) is 12.1 Å². The van der Waals surface area contributed by atoms with Gasteiger partial charge in [-0.3, -0.25) is 19.8 Å². The van der Waals surface area contributed by atoms with E-state index < -0.39 is 11.9 Å². The number of likely N-dealkylation sites (tertiary alicyclic amines) is 1. The molecule has 0 aromatic heterocycles. The molecule has 0 spiro atoms. The molecule has 5 nitrogen and oxygen atoms in total. The average Bonchev–Trinajstić information content (AvgIpc) is 2.47. The largest absolute Gasteiger partial charge is 0.494 e. The van der Waals surface area contributed by atoms with Crippen LogP contribution in [-0.2, 0) is 9.59 Å². The molecule has 1 saturated heterocycles. The van der Waals surface area contributed by atoms with E-state index in [4.69, 9.17) is 4.74 Å². The van der Waals surface area contributed by atoms with E-state index in [9.17, 15) is 14.0 Å². The van der Waals surface area contributed by atoms with E-state index in [0.29, 0.717) is 12.8 Å². The van der Waals surface area contributed by atoms with Gasteiger partial charge in [0.2, 0.25) is 11.8 Å². The van der Waals surface area contributed by atoms with Gasteiger partial charge in [-0.1, -0.05) is 6.07 Å². The number of likely N-dealkylation sites (N-methyl/N-ethyl adjacent to an activating group) is 1. The molecule has 1 heterocycles. The molecule has 0 radical (unpaired) electrons. The number of carbonyl (C=O) groups excluding carboxylic acids is 2. The summed E-state index contributed by atoms with van der Waals surface area (Å²) in [6.45, 7) is 1.85. The molecule has 1 aliphatic heterocycles. The molecule has 2 atom stereocenters. The summed E-state index contributed by atoms with van der Waals surface area (Å²) < 4.78 is 18.6. The maximum Gasteiger partial charge on any atom is 0.246 e. The van der Waals surface area contributed by atoms with Gasteiger partial charge in [0.05, 0.1) is 13.2 Å². The van der Waals surface area contributed by atoms with E-state index in [-0.39, 0.29) is 23.6 Å². The van der Waals surface area contributed by atoms with Crippen LogP contribution >= 0.6 is 0 Å². The van der Waals surface area contributed by atoms with Gasteiger partial charge >= 0.3 is 0 Å². The summed E-state index contributed by atoms with van der Waals surface area (Å²) in [5.74, 6) is -0.663. The lowest BCUT2D eigenvalue weighted by molar-refractivity contribution is -0.148. The van der Waals surface area contributed by atoms with Gasteiger partial charge < -0.3 is 4.74 Å². The first-order chi connectivity index (χ1) is 9.93. The first kappa shape index (κ1) is 15.4. The van der Waals surface area contributed by atoms with Crippen LogP contribution in [0.4, 0.5) is 4.39 Å². The quantitative estimate of drug-likeness (QED) is 0.858. The van der Waals surface area contributed by atoms with Crippen LogP contribution in [0.2, 0.25) is 0 Å². The van der Waals surface area contributed by atoms with Crippen LogP contribution in [0.5, 0.6) is 5.75 Å². The minimum Gasteiger partial charge on any atom is -0.494 e. The summed E-state index contributed by atoms with van der Waals surface area (Å²) in [5.41, 5.74) is 0.723. The highest BCUT2D eigenvalue weighted by atomic mass is 19.1. The van der Waals surface area contributed by atoms with E-state index in [1.165, 1.54) is 20.2 Å². The normalized spacial score (nSPS) is 20.6. The number of rotatable bonds is 4. The van der Waals surface area contributed by atoms with Crippen molar-refractivity contribution in [2.24, 2.45) is 0 Å². The molecule has 1 aromatic rings. The number of amides is 2. The number of nitrogens with zero attached hydrogens (tertiary/aromatic N) is 1. The number of halogens is 1. The second-order valence-electron chi connectivity index (χ2n) is 5.16. The molecular formula is C15H19FN2O3. The van der Waals surface area contributed by atoms with Crippen LogP contribution in [0, 0.1) is 5.82 Å². The van der Waals surface area contributed by atoms with Gasteiger partial charge in [-0.15, -0.1) is 0 Å². The summed E-state index contributed by atoms with van der Waals surface area (Å²) in [4.78, 5) is 24.6. The van der Waals surface area contributed by atoms with Gasteiger partial charge in [-0.25, -0.2) is 4.39 Å². The Balaban J connectivity index is 2.07. The van der Waals surface area contributed by atoms with Gasteiger partial charge in [-0.2, -0.15) is 0 Å². The minimum atomic E-state index is -0.439. The number of carbonyl (C=O) groups is 2. The van der Waals surface area contributed by atoms with Crippen LogP contribution in [0.25, 0.3) is 0 Å². The Morgan fingerprint density at radius 1 is 1.43 bits per heavy atom. The van der Waals surface area contributed by atoms with Crippen molar-refractivity contribution in [3.63, 3.8) is 0 Å². The average molecular weight is 294 g/mol. The van der Waals surface area contributed by atoms with Crippen molar-refractivity contribution in [1.82, 2.24) is 10.2 Å². The Morgan fingerprint density at radius 2 is 2.14 bits per heavy atom. The zero-order valence-electron chi connectivity index (χ0n) is 12.4. The maximum atomic E-state index is 13.7. The number of hydrogen-bond acceptors (Lipinski definition) is 4. The van der Waals surface area contributed by atoms with E-state index in [2.05, 4.69) is 5.32 Å². The van der Waals surface area contributed by atoms with Crippen molar-refractivity contribution in [1.29, 1.82) is 0 Å². The first-order valence-electron chi connectivity index (χ1n) is 6.84. The molecule has 0 bridgehead atoms. The van der Waals surface area contributed by atoms with Gasteiger partial charge in [-0.05, 0) is 31.0 Å². The highest BCUT2D eigenvalue weighted by Crippen LogP contribution is 2.23. The molecule has 2 rings (SSSR count). The SMILES string of the molecule is COc1ccc(C(C)NC2CCC(=O)N(C)C2=O)cc1F. The number of hydrogen-bond donors (Lipinski definition) is 1. The topological polar surface area (TPSA) is 58.6 Å². The Labute approximate surface area is 123 Å². The number of methoxy groups -OCH3 is 1. The highest BCUT2D eigenvalue weighted by Gasteiger charge is 2.32. The molecule has 0 aliphatic carbocycles. The molecule has 1 N–H and O–H groups in total. The molecule has 1 aromatic carbocycles. The number of ether oxygens (including phenoxy) is 1. The predicted molar refractivity (Wildman–Crippen MR) is 75.3 cm³/mol. The van der Waals surface area contributed by atoms with Gasteiger partial charge in [0.15, 0.2) is 11.6 Å². The summed E-state index contributed by atoms with van der Waals surface area (Å²) in [6.07, 6.45) is 0.800. The fourth-order valence-electron chi connectivity index (χ4n) is 2.42. The van der Waals surface area contributed by atoms with Crippen LogP contribution in [0.15, 0.2) is 18.2 Å². The van der Waals surface area contributed by atoms with Crippen molar-refractivity contribution >= 4 is 11.8 Å².